The Morgan fingerprint density at radius 1 is 1.50 bits per heavy atom. The van der Waals surface area contributed by atoms with Gasteiger partial charge >= 0.3 is 5.97 Å². The Morgan fingerprint density at radius 3 is 3.00 bits per heavy atom. The summed E-state index contributed by atoms with van der Waals surface area (Å²) in [6.45, 7) is 0.619. The Bertz CT molecular complexity index is 209. The van der Waals surface area contributed by atoms with Gasteiger partial charge in [-0.15, -0.1) is 0 Å². The Labute approximate surface area is 85.1 Å². The Balaban J connectivity index is 2.15. The SMILES string of the molecule is COCCCC(=O)OC1=CCCCC1. The smallest absolute Gasteiger partial charge is 0.310 e. The molecule has 0 N–H and O–H groups in total. The summed E-state index contributed by atoms with van der Waals surface area (Å²) in [5.41, 5.74) is 0. The minimum atomic E-state index is -0.129. The highest BCUT2D eigenvalue weighted by atomic mass is 16.5. The van der Waals surface area contributed by atoms with Gasteiger partial charge < -0.3 is 9.47 Å². The Hall–Kier alpha value is -0.830. The molecule has 3 nitrogen and oxygen atoms in total. The summed E-state index contributed by atoms with van der Waals surface area (Å²) in [6.07, 6.45) is 7.52. The molecule has 0 radical (unpaired) electrons. The van der Waals surface area contributed by atoms with E-state index in [1.165, 1.54) is 6.42 Å². The lowest BCUT2D eigenvalue weighted by atomic mass is 10.1. The number of hydrogen-bond acceptors (Lipinski definition) is 3. The summed E-state index contributed by atoms with van der Waals surface area (Å²) in [5, 5.41) is 0. The van der Waals surface area contributed by atoms with Crippen LogP contribution < -0.4 is 0 Å². The van der Waals surface area contributed by atoms with Crippen molar-refractivity contribution in [3.63, 3.8) is 0 Å². The molecule has 0 aromatic carbocycles. The van der Waals surface area contributed by atoms with Gasteiger partial charge in [0.15, 0.2) is 0 Å². The molecular formula is C11H18O3. The lowest BCUT2D eigenvalue weighted by Gasteiger charge is -2.12. The van der Waals surface area contributed by atoms with Gasteiger partial charge in [0, 0.05) is 26.6 Å². The highest BCUT2D eigenvalue weighted by Crippen LogP contribution is 2.18. The zero-order valence-corrected chi connectivity index (χ0v) is 8.75. The molecule has 0 fully saturated rings. The summed E-state index contributed by atoms with van der Waals surface area (Å²) in [5.74, 6) is 0.730. The molecular weight excluding hydrogens is 180 g/mol. The second kappa shape index (κ2) is 6.60. The molecule has 0 saturated heterocycles. The molecule has 14 heavy (non-hydrogen) atoms. The monoisotopic (exact) mass is 198 g/mol. The molecule has 0 amide bonds. The van der Waals surface area contributed by atoms with Gasteiger partial charge in [0.05, 0.1) is 0 Å². The molecule has 0 atom stereocenters. The molecule has 1 aliphatic rings. The van der Waals surface area contributed by atoms with Crippen LogP contribution in [0.1, 0.15) is 38.5 Å². The van der Waals surface area contributed by atoms with Gasteiger partial charge in [-0.1, -0.05) is 0 Å². The molecule has 0 spiro atoms. The summed E-state index contributed by atoms with van der Waals surface area (Å²) in [7, 11) is 1.63. The van der Waals surface area contributed by atoms with E-state index in [-0.39, 0.29) is 5.97 Å². The lowest BCUT2D eigenvalue weighted by molar-refractivity contribution is -0.140. The number of ether oxygens (including phenoxy) is 2. The van der Waals surface area contributed by atoms with E-state index in [1.807, 2.05) is 6.08 Å². The third kappa shape index (κ3) is 4.42. The molecule has 0 aliphatic heterocycles. The number of carbonyl (C=O) groups is 1. The average molecular weight is 198 g/mol. The minimum absolute atomic E-state index is 0.129. The molecule has 0 saturated carbocycles. The van der Waals surface area contributed by atoms with Crippen LogP contribution in [0.25, 0.3) is 0 Å². The van der Waals surface area contributed by atoms with Gasteiger partial charge in [-0.2, -0.15) is 0 Å². The molecule has 0 aromatic heterocycles. The van der Waals surface area contributed by atoms with Crippen LogP contribution in [0.15, 0.2) is 11.8 Å². The van der Waals surface area contributed by atoms with Crippen LogP contribution in [-0.2, 0) is 14.3 Å². The van der Waals surface area contributed by atoms with Crippen molar-refractivity contribution in [1.29, 1.82) is 0 Å². The first-order chi connectivity index (χ1) is 6.83. The average Bonchev–Trinajstić information content (AvgIpc) is 2.20. The van der Waals surface area contributed by atoms with Gasteiger partial charge in [0.2, 0.25) is 0 Å². The molecule has 1 aliphatic carbocycles. The maximum absolute atomic E-state index is 11.3. The van der Waals surface area contributed by atoms with Crippen molar-refractivity contribution in [1.82, 2.24) is 0 Å². The van der Waals surface area contributed by atoms with Crippen LogP contribution in [0.5, 0.6) is 0 Å². The topological polar surface area (TPSA) is 35.5 Å². The third-order valence-corrected chi connectivity index (χ3v) is 2.22. The van der Waals surface area contributed by atoms with E-state index < -0.39 is 0 Å². The Morgan fingerprint density at radius 2 is 2.36 bits per heavy atom. The van der Waals surface area contributed by atoms with E-state index in [0.717, 1.165) is 31.4 Å². The van der Waals surface area contributed by atoms with E-state index in [2.05, 4.69) is 0 Å². The lowest BCUT2D eigenvalue weighted by Crippen LogP contribution is -2.07. The summed E-state index contributed by atoms with van der Waals surface area (Å²) < 4.78 is 10.1. The molecule has 0 bridgehead atoms. The number of methoxy groups -OCH3 is 1. The second-order valence-corrected chi connectivity index (χ2v) is 3.49. The van der Waals surface area contributed by atoms with Gasteiger partial charge in [-0.3, -0.25) is 4.79 Å². The zero-order valence-electron chi connectivity index (χ0n) is 8.75. The van der Waals surface area contributed by atoms with Crippen molar-refractivity contribution >= 4 is 5.97 Å². The number of allylic oxidation sites excluding steroid dienone is 2. The van der Waals surface area contributed by atoms with Gasteiger partial charge in [0.25, 0.3) is 0 Å². The van der Waals surface area contributed by atoms with E-state index in [4.69, 9.17) is 9.47 Å². The predicted molar refractivity (Wildman–Crippen MR) is 53.8 cm³/mol. The summed E-state index contributed by atoms with van der Waals surface area (Å²) in [4.78, 5) is 11.3. The molecule has 80 valence electrons. The normalized spacial score (nSPS) is 16.2. The maximum atomic E-state index is 11.3. The van der Waals surface area contributed by atoms with Crippen LogP contribution in [0.2, 0.25) is 0 Å². The number of rotatable bonds is 5. The number of carbonyl (C=O) groups excluding carboxylic acids is 1. The van der Waals surface area contributed by atoms with Crippen LogP contribution >= 0.6 is 0 Å². The summed E-state index contributed by atoms with van der Waals surface area (Å²) in [6, 6.07) is 0. The van der Waals surface area contributed by atoms with Crippen LogP contribution in [-0.4, -0.2) is 19.7 Å². The standard InChI is InChI=1S/C11H18O3/c1-13-9-5-8-11(12)14-10-6-3-2-4-7-10/h6H,2-5,7-9H2,1H3. The highest BCUT2D eigenvalue weighted by molar-refractivity contribution is 5.70. The highest BCUT2D eigenvalue weighted by Gasteiger charge is 2.09. The number of esters is 1. The van der Waals surface area contributed by atoms with Crippen LogP contribution in [0.3, 0.4) is 0 Å². The van der Waals surface area contributed by atoms with Crippen LogP contribution in [0.4, 0.5) is 0 Å². The molecule has 0 unspecified atom stereocenters. The first kappa shape index (κ1) is 11.2. The first-order valence-electron chi connectivity index (χ1n) is 5.21. The van der Waals surface area contributed by atoms with Gasteiger partial charge in [-0.05, 0) is 31.8 Å². The maximum Gasteiger partial charge on any atom is 0.310 e. The third-order valence-electron chi connectivity index (χ3n) is 2.22. The van der Waals surface area contributed by atoms with Crippen molar-refractivity contribution < 1.29 is 14.3 Å². The first-order valence-corrected chi connectivity index (χ1v) is 5.21. The van der Waals surface area contributed by atoms with E-state index in [1.54, 1.807) is 7.11 Å². The zero-order chi connectivity index (χ0) is 10.2. The van der Waals surface area contributed by atoms with E-state index in [9.17, 15) is 4.79 Å². The molecule has 0 aromatic rings. The van der Waals surface area contributed by atoms with Crippen LogP contribution in [0, 0.1) is 0 Å². The van der Waals surface area contributed by atoms with E-state index in [0.29, 0.717) is 13.0 Å². The fourth-order valence-electron chi connectivity index (χ4n) is 1.46. The second-order valence-electron chi connectivity index (χ2n) is 3.49. The quantitative estimate of drug-likeness (QED) is 0.502. The fraction of sp³-hybridized carbons (Fsp3) is 0.727. The van der Waals surface area contributed by atoms with Gasteiger partial charge in [0.1, 0.15) is 5.76 Å². The minimum Gasteiger partial charge on any atom is -0.431 e. The predicted octanol–water partition coefficient (Wildman–Crippen LogP) is 2.41. The Kier molecular flexibility index (Phi) is 5.30. The molecule has 3 heteroatoms. The largest absolute Gasteiger partial charge is 0.431 e. The fourth-order valence-corrected chi connectivity index (χ4v) is 1.46. The van der Waals surface area contributed by atoms with Crippen molar-refractivity contribution in [3.8, 4) is 0 Å². The molecule has 0 heterocycles. The van der Waals surface area contributed by atoms with Gasteiger partial charge in [-0.25, -0.2) is 0 Å². The van der Waals surface area contributed by atoms with Crippen molar-refractivity contribution in [3.05, 3.63) is 11.8 Å². The van der Waals surface area contributed by atoms with E-state index >= 15 is 0 Å². The van der Waals surface area contributed by atoms with Crippen molar-refractivity contribution in [2.45, 2.75) is 38.5 Å². The summed E-state index contributed by atoms with van der Waals surface area (Å²) >= 11 is 0. The number of hydrogen-bond donors (Lipinski definition) is 0. The molecule has 1 rings (SSSR count). The van der Waals surface area contributed by atoms with Crippen molar-refractivity contribution in [2.75, 3.05) is 13.7 Å². The van der Waals surface area contributed by atoms with Crippen molar-refractivity contribution in [2.24, 2.45) is 0 Å².